The second-order valence-electron chi connectivity index (χ2n) is 7.85. The molecule has 2 heterocycles. The van der Waals surface area contributed by atoms with E-state index in [0.717, 1.165) is 0 Å². The van der Waals surface area contributed by atoms with Crippen LogP contribution < -0.4 is 4.90 Å². The summed E-state index contributed by atoms with van der Waals surface area (Å²) in [5.74, 6) is 0.291. The Balaban J connectivity index is 1.64. The van der Waals surface area contributed by atoms with Crippen molar-refractivity contribution in [3.63, 3.8) is 0 Å². The molecule has 0 bridgehead atoms. The van der Waals surface area contributed by atoms with Crippen LogP contribution in [0.1, 0.15) is 36.5 Å². The molecule has 0 saturated heterocycles. The number of likely N-dealkylation sites (N-methyl/N-ethyl adjacent to an activating group) is 1. The van der Waals surface area contributed by atoms with Crippen molar-refractivity contribution in [3.05, 3.63) is 83.4 Å². The Bertz CT molecular complexity index is 910. The zero-order chi connectivity index (χ0) is 17.2. The highest BCUT2D eigenvalue weighted by molar-refractivity contribution is 5.68. The van der Waals surface area contributed by atoms with Crippen LogP contribution in [0.5, 0.6) is 0 Å². The van der Waals surface area contributed by atoms with Gasteiger partial charge >= 0.3 is 0 Å². The van der Waals surface area contributed by atoms with Gasteiger partial charge in [0.25, 0.3) is 0 Å². The molecule has 2 heteroatoms. The zero-order valence-corrected chi connectivity index (χ0v) is 14.9. The first-order valence-corrected chi connectivity index (χ1v) is 9.02. The molecule has 1 aliphatic carbocycles. The Labute approximate surface area is 149 Å². The van der Waals surface area contributed by atoms with Crippen molar-refractivity contribution in [2.75, 3.05) is 11.9 Å². The first-order valence-electron chi connectivity index (χ1n) is 9.02. The Morgan fingerprint density at radius 1 is 0.960 bits per heavy atom. The van der Waals surface area contributed by atoms with Crippen molar-refractivity contribution in [2.24, 2.45) is 0 Å². The number of hydrogen-bond acceptors (Lipinski definition) is 2. The summed E-state index contributed by atoms with van der Waals surface area (Å²) in [6.07, 6.45) is 9.16. The maximum Gasteiger partial charge on any atom is 0.170 e. The molecule has 3 unspecified atom stereocenters. The fourth-order valence-electron chi connectivity index (χ4n) is 4.90. The molecule has 2 aliphatic heterocycles. The van der Waals surface area contributed by atoms with Crippen LogP contribution in [-0.2, 0) is 10.2 Å². The van der Waals surface area contributed by atoms with E-state index in [2.05, 4.69) is 98.6 Å². The molecule has 0 N–H and O–H groups in total. The first-order chi connectivity index (χ1) is 12.0. The van der Waals surface area contributed by atoms with E-state index in [4.69, 9.17) is 4.74 Å². The average molecular weight is 329 g/mol. The highest BCUT2D eigenvalue weighted by Crippen LogP contribution is 2.55. The van der Waals surface area contributed by atoms with Crippen LogP contribution in [0.4, 0.5) is 5.69 Å². The van der Waals surface area contributed by atoms with Crippen molar-refractivity contribution in [2.45, 2.75) is 37.0 Å². The third-order valence-electron chi connectivity index (χ3n) is 6.35. The van der Waals surface area contributed by atoms with Gasteiger partial charge in [0.05, 0.1) is 6.10 Å². The van der Waals surface area contributed by atoms with Crippen molar-refractivity contribution in [3.8, 4) is 0 Å². The molecular weight excluding hydrogens is 306 g/mol. The van der Waals surface area contributed by atoms with Crippen molar-refractivity contribution >= 4 is 11.8 Å². The summed E-state index contributed by atoms with van der Waals surface area (Å²) in [7, 11) is 2.15. The molecule has 3 atom stereocenters. The van der Waals surface area contributed by atoms with Crippen molar-refractivity contribution < 1.29 is 4.74 Å². The molecule has 0 radical (unpaired) electrons. The number of para-hydroxylation sites is 1. The number of ether oxygens (including phenoxy) is 1. The van der Waals surface area contributed by atoms with E-state index >= 15 is 0 Å². The summed E-state index contributed by atoms with van der Waals surface area (Å²) < 4.78 is 6.86. The van der Waals surface area contributed by atoms with Crippen LogP contribution in [0, 0.1) is 0 Å². The van der Waals surface area contributed by atoms with Crippen LogP contribution in [0.15, 0.2) is 66.8 Å². The minimum atomic E-state index is -0.450. The smallest absolute Gasteiger partial charge is 0.170 e. The predicted molar refractivity (Wildman–Crippen MR) is 103 cm³/mol. The molecule has 5 rings (SSSR count). The molecule has 2 nitrogen and oxygen atoms in total. The Kier molecular flexibility index (Phi) is 2.91. The fraction of sp³-hybridized carbons (Fsp3) is 0.304. The zero-order valence-electron chi connectivity index (χ0n) is 14.9. The molecule has 1 spiro atoms. The average Bonchev–Trinajstić information content (AvgIpc) is 2.81. The second kappa shape index (κ2) is 4.86. The Hall–Kier alpha value is -2.32. The number of benzene rings is 2. The van der Waals surface area contributed by atoms with E-state index in [1.807, 2.05) is 0 Å². The van der Waals surface area contributed by atoms with Gasteiger partial charge in [-0.15, -0.1) is 0 Å². The molecule has 3 aliphatic rings. The minimum Gasteiger partial charge on any atom is -0.343 e. The molecule has 0 fully saturated rings. The van der Waals surface area contributed by atoms with E-state index in [0.29, 0.717) is 5.92 Å². The number of fused-ring (bicyclic) bond motifs is 4. The first kappa shape index (κ1) is 15.0. The standard InChI is InChI=1S/C23H23NO/c1-22(2)19-10-6-7-11-20(19)24(3)23(22)15-14-18-17-9-5-4-8-16(17)12-13-21(18)25-23/h4-15,18,21H,1-3H3. The van der Waals surface area contributed by atoms with Gasteiger partial charge in [-0.1, -0.05) is 74.5 Å². The van der Waals surface area contributed by atoms with Crippen molar-refractivity contribution in [1.82, 2.24) is 0 Å². The van der Waals surface area contributed by atoms with Crippen LogP contribution >= 0.6 is 0 Å². The van der Waals surface area contributed by atoms with Gasteiger partial charge in [-0.2, -0.15) is 0 Å². The number of anilines is 1. The number of nitrogens with zero attached hydrogens (tertiary/aromatic N) is 1. The highest BCUT2D eigenvalue weighted by atomic mass is 16.5. The monoisotopic (exact) mass is 329 g/mol. The molecule has 2 aromatic carbocycles. The van der Waals surface area contributed by atoms with Gasteiger partial charge in [0, 0.05) is 24.1 Å². The topological polar surface area (TPSA) is 12.5 Å². The van der Waals surface area contributed by atoms with Crippen molar-refractivity contribution in [1.29, 1.82) is 0 Å². The van der Waals surface area contributed by atoms with E-state index in [9.17, 15) is 0 Å². The Morgan fingerprint density at radius 3 is 2.56 bits per heavy atom. The van der Waals surface area contributed by atoms with Gasteiger partial charge in [-0.25, -0.2) is 0 Å². The van der Waals surface area contributed by atoms with E-state index in [1.165, 1.54) is 22.4 Å². The maximum absolute atomic E-state index is 6.86. The summed E-state index contributed by atoms with van der Waals surface area (Å²) in [5.41, 5.74) is 4.70. The quantitative estimate of drug-likeness (QED) is 0.639. The second-order valence-corrected chi connectivity index (χ2v) is 7.85. The van der Waals surface area contributed by atoms with Crippen LogP contribution in [0.25, 0.3) is 6.08 Å². The SMILES string of the molecule is CN1c2ccccc2C(C)(C)C12C=CC1c3ccccc3C=CC1O2. The lowest BCUT2D eigenvalue weighted by Crippen LogP contribution is -2.58. The highest BCUT2D eigenvalue weighted by Gasteiger charge is 2.58. The summed E-state index contributed by atoms with van der Waals surface area (Å²) in [6, 6.07) is 17.3. The normalized spacial score (nSPS) is 30.9. The minimum absolute atomic E-state index is 0.0657. The van der Waals surface area contributed by atoms with Crippen LogP contribution in [0.2, 0.25) is 0 Å². The molecule has 0 aromatic heterocycles. The summed E-state index contributed by atoms with van der Waals surface area (Å²) in [5, 5.41) is 0. The van der Waals surface area contributed by atoms with Crippen LogP contribution in [-0.4, -0.2) is 18.9 Å². The van der Waals surface area contributed by atoms with Gasteiger partial charge in [-0.3, -0.25) is 0 Å². The van der Waals surface area contributed by atoms with E-state index in [1.54, 1.807) is 0 Å². The molecule has 0 amide bonds. The van der Waals surface area contributed by atoms with E-state index < -0.39 is 5.72 Å². The molecule has 25 heavy (non-hydrogen) atoms. The number of rotatable bonds is 0. The lowest BCUT2D eigenvalue weighted by Gasteiger charge is -2.49. The lowest BCUT2D eigenvalue weighted by molar-refractivity contribution is -0.0887. The molecule has 2 aromatic rings. The third-order valence-corrected chi connectivity index (χ3v) is 6.35. The predicted octanol–water partition coefficient (Wildman–Crippen LogP) is 4.88. The van der Waals surface area contributed by atoms with Gasteiger partial charge < -0.3 is 9.64 Å². The lowest BCUT2D eigenvalue weighted by atomic mass is 9.74. The largest absolute Gasteiger partial charge is 0.343 e. The summed E-state index contributed by atoms with van der Waals surface area (Å²) in [6.45, 7) is 4.58. The van der Waals surface area contributed by atoms with E-state index in [-0.39, 0.29) is 11.5 Å². The van der Waals surface area contributed by atoms with Gasteiger partial charge in [-0.05, 0) is 28.8 Å². The third kappa shape index (κ3) is 1.78. The fourth-order valence-corrected chi connectivity index (χ4v) is 4.90. The molecule has 126 valence electrons. The maximum atomic E-state index is 6.86. The summed E-state index contributed by atoms with van der Waals surface area (Å²) >= 11 is 0. The summed E-state index contributed by atoms with van der Waals surface area (Å²) in [4.78, 5) is 2.31. The van der Waals surface area contributed by atoms with Crippen LogP contribution in [0.3, 0.4) is 0 Å². The van der Waals surface area contributed by atoms with Gasteiger partial charge in [0.1, 0.15) is 0 Å². The molecular formula is C23H23NO. The molecule has 0 saturated carbocycles. The number of hydrogen-bond donors (Lipinski definition) is 0. The Morgan fingerprint density at radius 2 is 1.72 bits per heavy atom. The van der Waals surface area contributed by atoms with Gasteiger partial charge in [0.2, 0.25) is 0 Å². The van der Waals surface area contributed by atoms with Gasteiger partial charge in [0.15, 0.2) is 5.72 Å².